The lowest BCUT2D eigenvalue weighted by molar-refractivity contribution is 0.0933. The molecule has 1 aliphatic carbocycles. The van der Waals surface area contributed by atoms with E-state index in [1.54, 1.807) is 11.8 Å². The molecular formula is C19H21NOS. The van der Waals surface area contributed by atoms with E-state index in [1.807, 2.05) is 24.3 Å². The zero-order chi connectivity index (χ0) is 15.4. The minimum absolute atomic E-state index is 0.0254. The van der Waals surface area contributed by atoms with Crippen LogP contribution >= 0.6 is 11.8 Å². The molecule has 0 aromatic heterocycles. The SMILES string of the molecule is CSCc1ccc(C(=O)N[C@H]2CCCc3ccccc32)cc1. The zero-order valence-electron chi connectivity index (χ0n) is 12.8. The Morgan fingerprint density at radius 2 is 1.95 bits per heavy atom. The number of aryl methyl sites for hydroxylation is 1. The Balaban J connectivity index is 1.72. The number of hydrogen-bond donors (Lipinski definition) is 1. The van der Waals surface area contributed by atoms with E-state index in [2.05, 4.69) is 35.8 Å². The maximum atomic E-state index is 12.5. The third kappa shape index (κ3) is 3.36. The van der Waals surface area contributed by atoms with Crippen molar-refractivity contribution in [3.05, 3.63) is 70.8 Å². The van der Waals surface area contributed by atoms with Gasteiger partial charge in [0.1, 0.15) is 0 Å². The highest BCUT2D eigenvalue weighted by molar-refractivity contribution is 7.97. The van der Waals surface area contributed by atoms with Gasteiger partial charge in [-0.1, -0.05) is 36.4 Å². The van der Waals surface area contributed by atoms with Crippen molar-refractivity contribution < 1.29 is 4.79 Å². The van der Waals surface area contributed by atoms with Crippen molar-refractivity contribution in [3.8, 4) is 0 Å². The fraction of sp³-hybridized carbons (Fsp3) is 0.316. The van der Waals surface area contributed by atoms with Crippen molar-refractivity contribution in [2.75, 3.05) is 6.26 Å². The molecule has 114 valence electrons. The van der Waals surface area contributed by atoms with Gasteiger partial charge in [-0.3, -0.25) is 4.79 Å². The van der Waals surface area contributed by atoms with Crippen molar-refractivity contribution in [3.63, 3.8) is 0 Å². The van der Waals surface area contributed by atoms with Crippen molar-refractivity contribution >= 4 is 17.7 Å². The Bertz CT molecular complexity index is 651. The predicted molar refractivity (Wildman–Crippen MR) is 93.2 cm³/mol. The van der Waals surface area contributed by atoms with Crippen LogP contribution in [0.5, 0.6) is 0 Å². The summed E-state index contributed by atoms with van der Waals surface area (Å²) in [6.07, 6.45) is 5.36. The van der Waals surface area contributed by atoms with Gasteiger partial charge in [0, 0.05) is 11.3 Å². The largest absolute Gasteiger partial charge is 0.345 e. The van der Waals surface area contributed by atoms with Crippen LogP contribution in [0.15, 0.2) is 48.5 Å². The van der Waals surface area contributed by atoms with Crippen molar-refractivity contribution in [1.82, 2.24) is 5.32 Å². The van der Waals surface area contributed by atoms with Gasteiger partial charge in [0.2, 0.25) is 0 Å². The highest BCUT2D eigenvalue weighted by Crippen LogP contribution is 2.29. The van der Waals surface area contributed by atoms with E-state index >= 15 is 0 Å². The Morgan fingerprint density at radius 3 is 2.73 bits per heavy atom. The summed E-state index contributed by atoms with van der Waals surface area (Å²) < 4.78 is 0. The molecule has 2 aromatic rings. The minimum Gasteiger partial charge on any atom is -0.345 e. The lowest BCUT2D eigenvalue weighted by Gasteiger charge is -2.26. The minimum atomic E-state index is 0.0254. The zero-order valence-corrected chi connectivity index (χ0v) is 13.7. The molecule has 3 heteroatoms. The number of rotatable bonds is 4. The number of carbonyl (C=O) groups is 1. The quantitative estimate of drug-likeness (QED) is 0.909. The fourth-order valence-electron chi connectivity index (χ4n) is 3.06. The Hall–Kier alpha value is -1.74. The summed E-state index contributed by atoms with van der Waals surface area (Å²) in [5.41, 5.74) is 4.65. The molecule has 1 N–H and O–H groups in total. The van der Waals surface area contributed by atoms with E-state index in [9.17, 15) is 4.79 Å². The van der Waals surface area contributed by atoms with Gasteiger partial charge in [0.05, 0.1) is 6.04 Å². The topological polar surface area (TPSA) is 29.1 Å². The molecule has 0 unspecified atom stereocenters. The average molecular weight is 311 g/mol. The summed E-state index contributed by atoms with van der Waals surface area (Å²) in [4.78, 5) is 12.5. The summed E-state index contributed by atoms with van der Waals surface area (Å²) in [6, 6.07) is 16.5. The van der Waals surface area contributed by atoms with Crippen molar-refractivity contribution in [2.45, 2.75) is 31.1 Å². The van der Waals surface area contributed by atoms with E-state index in [-0.39, 0.29) is 11.9 Å². The molecule has 2 nitrogen and oxygen atoms in total. The van der Waals surface area contributed by atoms with E-state index in [4.69, 9.17) is 0 Å². The van der Waals surface area contributed by atoms with Gasteiger partial charge in [0.15, 0.2) is 0 Å². The number of fused-ring (bicyclic) bond motifs is 1. The maximum Gasteiger partial charge on any atom is 0.251 e. The number of amides is 1. The van der Waals surface area contributed by atoms with Crippen LogP contribution in [0.2, 0.25) is 0 Å². The van der Waals surface area contributed by atoms with Crippen LogP contribution in [0, 0.1) is 0 Å². The monoisotopic (exact) mass is 311 g/mol. The van der Waals surface area contributed by atoms with Crippen molar-refractivity contribution in [2.24, 2.45) is 0 Å². The second-order valence-corrected chi connectivity index (χ2v) is 6.61. The molecule has 0 saturated heterocycles. The summed E-state index contributed by atoms with van der Waals surface area (Å²) >= 11 is 1.79. The van der Waals surface area contributed by atoms with Crippen LogP contribution in [0.25, 0.3) is 0 Å². The molecule has 0 radical (unpaired) electrons. The highest BCUT2D eigenvalue weighted by Gasteiger charge is 2.21. The molecule has 0 spiro atoms. The molecule has 0 heterocycles. The Kier molecular flexibility index (Phi) is 4.84. The van der Waals surface area contributed by atoms with E-state index < -0.39 is 0 Å². The van der Waals surface area contributed by atoms with Gasteiger partial charge in [0.25, 0.3) is 5.91 Å². The third-order valence-corrected chi connectivity index (χ3v) is 4.82. The molecule has 3 rings (SSSR count). The van der Waals surface area contributed by atoms with Crippen LogP contribution in [-0.4, -0.2) is 12.2 Å². The number of carbonyl (C=O) groups excluding carboxylic acids is 1. The normalized spacial score (nSPS) is 16.9. The molecule has 22 heavy (non-hydrogen) atoms. The highest BCUT2D eigenvalue weighted by atomic mass is 32.2. The lowest BCUT2D eigenvalue weighted by Crippen LogP contribution is -2.30. The molecule has 1 atom stereocenters. The summed E-state index contributed by atoms with van der Waals surface area (Å²) in [7, 11) is 0. The van der Waals surface area contributed by atoms with Crippen LogP contribution in [0.1, 0.15) is 45.9 Å². The second-order valence-electron chi connectivity index (χ2n) is 5.75. The number of nitrogens with one attached hydrogen (secondary N) is 1. The van der Waals surface area contributed by atoms with Crippen molar-refractivity contribution in [1.29, 1.82) is 0 Å². The van der Waals surface area contributed by atoms with Gasteiger partial charge in [-0.15, -0.1) is 0 Å². The number of hydrogen-bond acceptors (Lipinski definition) is 2. The first-order valence-electron chi connectivity index (χ1n) is 7.74. The standard InChI is InChI=1S/C19H21NOS/c1-22-13-14-9-11-16(12-10-14)19(21)20-18-8-4-6-15-5-2-3-7-17(15)18/h2-3,5,7,9-12,18H,4,6,8,13H2,1H3,(H,20,21)/t18-/m0/s1. The molecule has 0 fully saturated rings. The lowest BCUT2D eigenvalue weighted by atomic mass is 9.87. The fourth-order valence-corrected chi connectivity index (χ4v) is 3.59. The van der Waals surface area contributed by atoms with Crippen LogP contribution in [0.4, 0.5) is 0 Å². The van der Waals surface area contributed by atoms with Gasteiger partial charge in [-0.05, 0) is 54.3 Å². The first-order chi connectivity index (χ1) is 10.8. The predicted octanol–water partition coefficient (Wildman–Crippen LogP) is 4.36. The van der Waals surface area contributed by atoms with E-state index in [0.717, 1.165) is 30.6 Å². The smallest absolute Gasteiger partial charge is 0.251 e. The van der Waals surface area contributed by atoms with Gasteiger partial charge < -0.3 is 5.32 Å². The molecule has 0 bridgehead atoms. The second kappa shape index (κ2) is 7.01. The van der Waals surface area contributed by atoms with Gasteiger partial charge >= 0.3 is 0 Å². The number of thioether (sulfide) groups is 1. The third-order valence-electron chi connectivity index (χ3n) is 4.20. The molecule has 2 aromatic carbocycles. The summed E-state index contributed by atoms with van der Waals surface area (Å²) in [6.45, 7) is 0. The summed E-state index contributed by atoms with van der Waals surface area (Å²) in [5.74, 6) is 1.01. The number of benzene rings is 2. The van der Waals surface area contributed by atoms with E-state index in [1.165, 1.54) is 16.7 Å². The average Bonchev–Trinajstić information content (AvgIpc) is 2.56. The van der Waals surface area contributed by atoms with E-state index in [0.29, 0.717) is 0 Å². The summed E-state index contributed by atoms with van der Waals surface area (Å²) in [5, 5.41) is 3.20. The Morgan fingerprint density at radius 1 is 1.18 bits per heavy atom. The van der Waals surface area contributed by atoms with Crippen LogP contribution < -0.4 is 5.32 Å². The van der Waals surface area contributed by atoms with Gasteiger partial charge in [-0.25, -0.2) is 0 Å². The maximum absolute atomic E-state index is 12.5. The molecular weight excluding hydrogens is 290 g/mol. The first-order valence-corrected chi connectivity index (χ1v) is 9.14. The van der Waals surface area contributed by atoms with Gasteiger partial charge in [-0.2, -0.15) is 11.8 Å². The van der Waals surface area contributed by atoms with Crippen LogP contribution in [-0.2, 0) is 12.2 Å². The molecule has 1 aliphatic rings. The molecule has 1 amide bonds. The first kappa shape index (κ1) is 15.2. The molecule has 0 saturated carbocycles. The Labute approximate surface area is 136 Å². The molecule has 0 aliphatic heterocycles. The van der Waals surface area contributed by atoms with Crippen LogP contribution in [0.3, 0.4) is 0 Å².